The number of nitrogens with one attached hydrogen (secondary N) is 3. The van der Waals surface area contributed by atoms with Crippen molar-refractivity contribution in [3.05, 3.63) is 148 Å². The van der Waals surface area contributed by atoms with Gasteiger partial charge in [0.15, 0.2) is 17.3 Å². The number of ether oxygens (including phenoxy) is 2. The molecule has 4 aromatic carbocycles. The van der Waals surface area contributed by atoms with Crippen LogP contribution in [0.5, 0.6) is 0 Å². The van der Waals surface area contributed by atoms with E-state index in [1.807, 2.05) is 111 Å². The zero-order chi connectivity index (χ0) is 39.5. The summed E-state index contributed by atoms with van der Waals surface area (Å²) in [6.45, 7) is 4.41. The molecule has 1 fully saturated rings. The smallest absolute Gasteiger partial charge is 0.407 e. The van der Waals surface area contributed by atoms with Gasteiger partial charge in [-0.15, -0.1) is 0 Å². The minimum atomic E-state index is -1.03. The number of amides is 2. The second-order valence-corrected chi connectivity index (χ2v) is 14.8. The molecule has 1 aliphatic carbocycles. The first kappa shape index (κ1) is 37.2. The molecule has 8 rings (SSSR count). The number of fused-ring (bicyclic) bond motifs is 4. The molecule has 2 atom stereocenters. The number of anilines is 1. The predicted molar refractivity (Wildman–Crippen MR) is 215 cm³/mol. The van der Waals surface area contributed by atoms with Crippen LogP contribution in [0.2, 0.25) is 0 Å². The van der Waals surface area contributed by atoms with Crippen molar-refractivity contribution in [3.8, 4) is 11.1 Å². The Hall–Kier alpha value is -6.76. The summed E-state index contributed by atoms with van der Waals surface area (Å²) >= 11 is 0. The number of carbonyl (C=O) groups is 3. The number of likely N-dealkylation sites (tertiary alicyclic amines) is 1. The first-order valence-corrected chi connectivity index (χ1v) is 19.1. The number of benzene rings is 4. The maximum absolute atomic E-state index is 14.3. The van der Waals surface area contributed by atoms with E-state index in [0.717, 1.165) is 33.4 Å². The van der Waals surface area contributed by atoms with Crippen molar-refractivity contribution >= 4 is 35.1 Å². The molecule has 0 bridgehead atoms. The highest BCUT2D eigenvalue weighted by Gasteiger charge is 2.43. The molecule has 3 N–H and O–H groups in total. The first-order valence-electron chi connectivity index (χ1n) is 19.1. The molecular weight excluding hydrogens is 723 g/mol. The molecule has 2 amide bonds. The van der Waals surface area contributed by atoms with Crippen LogP contribution in [0.3, 0.4) is 0 Å². The van der Waals surface area contributed by atoms with Gasteiger partial charge in [0.2, 0.25) is 11.9 Å². The van der Waals surface area contributed by atoms with Crippen LogP contribution in [-0.2, 0) is 19.1 Å². The lowest BCUT2D eigenvalue weighted by Crippen LogP contribution is -2.46. The minimum Gasteiger partial charge on any atom is -0.451 e. The Kier molecular flexibility index (Phi) is 10.5. The molecule has 13 nitrogen and oxygen atoms in total. The van der Waals surface area contributed by atoms with Gasteiger partial charge in [-0.2, -0.15) is 4.98 Å². The molecular formula is C44H43N7O6. The van der Waals surface area contributed by atoms with Crippen LogP contribution in [0.1, 0.15) is 60.6 Å². The van der Waals surface area contributed by atoms with Crippen molar-refractivity contribution in [2.45, 2.75) is 44.4 Å². The first-order chi connectivity index (χ1) is 27.7. The standard InChI is InChI=1S/C44H43N7O6/c1-27(2)22-45-43-48-40-38(41(53)49-43)47-26-51(40)30-21-36(42(54)57-39(28-13-5-3-6-14-28)29-15-7-4-8-16-29)50(24-30)37(52)23-46-44(55)56-25-35-33-19-11-9-17-31(33)32-18-10-12-20-34(32)35/h3-20,26-27,30,35-36,39H,21-25H2,1-2H3,(H,46,55)(H2,45,48,49,53)/t30-,36-/m1/s1. The van der Waals surface area contributed by atoms with Crippen molar-refractivity contribution in [1.29, 1.82) is 0 Å². The van der Waals surface area contributed by atoms with Crippen molar-refractivity contribution in [1.82, 2.24) is 29.7 Å². The van der Waals surface area contributed by atoms with Crippen LogP contribution in [0.15, 0.2) is 120 Å². The van der Waals surface area contributed by atoms with Gasteiger partial charge in [0.25, 0.3) is 5.56 Å². The van der Waals surface area contributed by atoms with Crippen molar-refractivity contribution < 1.29 is 23.9 Å². The number of alkyl carbamates (subject to hydrolysis) is 1. The van der Waals surface area contributed by atoms with E-state index in [4.69, 9.17) is 9.47 Å². The molecule has 1 saturated heterocycles. The lowest BCUT2D eigenvalue weighted by Gasteiger charge is -2.26. The number of hydrogen-bond donors (Lipinski definition) is 3. The highest BCUT2D eigenvalue weighted by molar-refractivity contribution is 5.88. The fourth-order valence-corrected chi connectivity index (χ4v) is 7.77. The molecule has 6 aromatic rings. The largest absolute Gasteiger partial charge is 0.451 e. The Morgan fingerprint density at radius 3 is 2.11 bits per heavy atom. The number of aromatic amines is 1. The minimum absolute atomic E-state index is 0.0704. The third kappa shape index (κ3) is 7.73. The summed E-state index contributed by atoms with van der Waals surface area (Å²) in [6, 6.07) is 33.4. The van der Waals surface area contributed by atoms with Gasteiger partial charge in [-0.1, -0.05) is 123 Å². The van der Waals surface area contributed by atoms with Crippen LogP contribution >= 0.6 is 0 Å². The maximum Gasteiger partial charge on any atom is 0.407 e. The average Bonchev–Trinajstić information content (AvgIpc) is 3.96. The topological polar surface area (TPSA) is 161 Å². The van der Waals surface area contributed by atoms with Gasteiger partial charge in [-0.3, -0.25) is 14.6 Å². The number of esters is 1. The van der Waals surface area contributed by atoms with Crippen LogP contribution in [0.25, 0.3) is 22.3 Å². The molecule has 0 radical (unpaired) electrons. The van der Waals surface area contributed by atoms with Gasteiger partial charge in [0.1, 0.15) is 19.2 Å². The van der Waals surface area contributed by atoms with E-state index >= 15 is 0 Å². The molecule has 0 saturated carbocycles. The van der Waals surface area contributed by atoms with Gasteiger partial charge >= 0.3 is 12.1 Å². The Morgan fingerprint density at radius 2 is 1.47 bits per heavy atom. The van der Waals surface area contributed by atoms with Crippen LogP contribution < -0.4 is 16.2 Å². The molecule has 57 heavy (non-hydrogen) atoms. The van der Waals surface area contributed by atoms with Gasteiger partial charge < -0.3 is 29.6 Å². The number of nitrogens with zero attached hydrogens (tertiary/aromatic N) is 4. The highest BCUT2D eigenvalue weighted by atomic mass is 16.6. The summed E-state index contributed by atoms with van der Waals surface area (Å²) in [5.41, 5.74) is 5.94. The lowest BCUT2D eigenvalue weighted by molar-refractivity contribution is -0.156. The van der Waals surface area contributed by atoms with E-state index < -0.39 is 48.3 Å². The van der Waals surface area contributed by atoms with Gasteiger partial charge in [-0.05, 0) is 39.3 Å². The monoisotopic (exact) mass is 765 g/mol. The van der Waals surface area contributed by atoms with Gasteiger partial charge in [0, 0.05) is 25.4 Å². The Labute approximate surface area is 329 Å². The van der Waals surface area contributed by atoms with E-state index in [2.05, 4.69) is 37.7 Å². The summed E-state index contributed by atoms with van der Waals surface area (Å²) in [4.78, 5) is 67.7. The summed E-state index contributed by atoms with van der Waals surface area (Å²) in [7, 11) is 0. The van der Waals surface area contributed by atoms with Crippen molar-refractivity contribution in [2.24, 2.45) is 5.92 Å². The molecule has 1 aliphatic heterocycles. The Morgan fingerprint density at radius 1 is 0.860 bits per heavy atom. The summed E-state index contributed by atoms with van der Waals surface area (Å²) in [5.74, 6) is -0.662. The fourth-order valence-electron chi connectivity index (χ4n) is 7.77. The van der Waals surface area contributed by atoms with Crippen LogP contribution in [0.4, 0.5) is 10.7 Å². The number of hydrogen-bond acceptors (Lipinski definition) is 9. The molecule has 3 heterocycles. The third-order valence-corrected chi connectivity index (χ3v) is 10.5. The van der Waals surface area contributed by atoms with Crippen molar-refractivity contribution in [2.75, 3.05) is 31.6 Å². The molecule has 0 unspecified atom stereocenters. The number of aromatic nitrogens is 4. The van der Waals surface area contributed by atoms with Gasteiger partial charge in [0.05, 0.1) is 12.4 Å². The summed E-state index contributed by atoms with van der Waals surface area (Å²) in [6.07, 6.45) is 0.171. The van der Waals surface area contributed by atoms with Crippen LogP contribution in [-0.4, -0.2) is 74.7 Å². The van der Waals surface area contributed by atoms with E-state index in [1.54, 1.807) is 4.57 Å². The lowest BCUT2D eigenvalue weighted by atomic mass is 9.98. The summed E-state index contributed by atoms with van der Waals surface area (Å²) in [5, 5.41) is 5.77. The van der Waals surface area contributed by atoms with E-state index in [1.165, 1.54) is 11.2 Å². The van der Waals surface area contributed by atoms with E-state index in [9.17, 15) is 19.2 Å². The Balaban J connectivity index is 1.02. The molecule has 290 valence electrons. The van der Waals surface area contributed by atoms with Crippen LogP contribution in [0, 0.1) is 5.92 Å². The molecule has 13 heteroatoms. The number of carbonyl (C=O) groups excluding carboxylic acids is 3. The number of H-pyrrole nitrogens is 1. The Bertz CT molecular complexity index is 2380. The predicted octanol–water partition coefficient (Wildman–Crippen LogP) is 6.20. The second kappa shape index (κ2) is 16.1. The average molecular weight is 766 g/mol. The maximum atomic E-state index is 14.3. The molecule has 2 aromatic heterocycles. The number of imidazole rings is 1. The SMILES string of the molecule is CC(C)CNc1nc2c(ncn2[C@@H]2C[C@H](C(=O)OC(c3ccccc3)c3ccccc3)N(C(=O)CNC(=O)OCC3c4ccccc4-c4ccccc43)C2)c(=O)[nH]1. The van der Waals surface area contributed by atoms with E-state index in [0.29, 0.717) is 24.1 Å². The zero-order valence-corrected chi connectivity index (χ0v) is 31.6. The second-order valence-electron chi connectivity index (χ2n) is 14.8. The molecule has 0 spiro atoms. The quantitative estimate of drug-likeness (QED) is 0.123. The number of rotatable bonds is 12. The normalized spacial score (nSPS) is 16.1. The summed E-state index contributed by atoms with van der Waals surface area (Å²) < 4.78 is 13.7. The zero-order valence-electron chi connectivity index (χ0n) is 31.6. The van der Waals surface area contributed by atoms with E-state index in [-0.39, 0.29) is 31.0 Å². The highest BCUT2D eigenvalue weighted by Crippen LogP contribution is 2.44. The van der Waals surface area contributed by atoms with Crippen molar-refractivity contribution in [3.63, 3.8) is 0 Å². The third-order valence-electron chi connectivity index (χ3n) is 10.5. The molecule has 2 aliphatic rings. The van der Waals surface area contributed by atoms with Gasteiger partial charge in [-0.25, -0.2) is 14.6 Å². The fraction of sp³-hybridized carbons (Fsp3) is 0.273.